The van der Waals surface area contributed by atoms with Gasteiger partial charge in [-0.05, 0) is 55.3 Å². The molecule has 0 saturated carbocycles. The minimum Gasteiger partial charge on any atom is -0.493 e. The number of carbonyl (C=O) groups excluding carboxylic acids is 1. The minimum atomic E-state index is -4.58. The van der Waals surface area contributed by atoms with Gasteiger partial charge in [-0.3, -0.25) is 9.78 Å². The van der Waals surface area contributed by atoms with Crippen LogP contribution in [-0.2, 0) is 11.0 Å². The molecule has 46 heavy (non-hydrogen) atoms. The van der Waals surface area contributed by atoms with Gasteiger partial charge in [-0.25, -0.2) is 0 Å². The van der Waals surface area contributed by atoms with E-state index in [0.717, 1.165) is 6.07 Å². The molecule has 1 fully saturated rings. The number of fused-ring (bicyclic) bond motifs is 2. The van der Waals surface area contributed by atoms with E-state index < -0.39 is 11.7 Å². The standard InChI is InChI=1S/C33H32F3N5O5/c1-4-31(42)38-19-10-13-41(14-11-19)26-7-5-20(15-23(26)33(34,35)36)39-32-40-25-16-21(6-8-28(25)46-32)45-27-9-12-37-24-18-30(44-3)29(43-2)17-22(24)27/h5-9,12,15-19H,4,10-11,13-14H2,1-3H3,(H,38,42)(H,39,40). The molecule has 2 aromatic heterocycles. The van der Waals surface area contributed by atoms with Crippen molar-refractivity contribution in [2.45, 2.75) is 38.4 Å². The zero-order valence-corrected chi connectivity index (χ0v) is 25.4. The highest BCUT2D eigenvalue weighted by molar-refractivity contribution is 5.88. The summed E-state index contributed by atoms with van der Waals surface area (Å²) in [6, 6.07) is 14.4. The van der Waals surface area contributed by atoms with Crippen LogP contribution >= 0.6 is 0 Å². The molecule has 0 atom stereocenters. The molecule has 1 aliphatic rings. The molecule has 0 aliphatic carbocycles. The Labute approximate surface area is 262 Å². The van der Waals surface area contributed by atoms with Crippen LogP contribution in [0.4, 0.5) is 30.6 Å². The predicted octanol–water partition coefficient (Wildman–Crippen LogP) is 7.44. The zero-order chi connectivity index (χ0) is 32.4. The lowest BCUT2D eigenvalue weighted by atomic mass is 10.0. The van der Waals surface area contributed by atoms with E-state index in [2.05, 4.69) is 20.6 Å². The Hall–Kier alpha value is -5.20. The molecule has 240 valence electrons. The normalized spacial score (nSPS) is 14.0. The second-order valence-corrected chi connectivity index (χ2v) is 10.8. The van der Waals surface area contributed by atoms with Gasteiger partial charge in [-0.15, -0.1) is 0 Å². The van der Waals surface area contributed by atoms with Gasteiger partial charge in [0.15, 0.2) is 17.1 Å². The van der Waals surface area contributed by atoms with Crippen LogP contribution in [0.5, 0.6) is 23.0 Å². The Balaban J connectivity index is 1.20. The van der Waals surface area contributed by atoms with E-state index in [1.54, 1.807) is 74.7 Å². The van der Waals surface area contributed by atoms with Crippen molar-refractivity contribution in [2.24, 2.45) is 0 Å². The van der Waals surface area contributed by atoms with Gasteiger partial charge >= 0.3 is 6.18 Å². The van der Waals surface area contributed by atoms with Gasteiger partial charge in [0.1, 0.15) is 17.0 Å². The Morgan fingerprint density at radius 1 is 0.978 bits per heavy atom. The Bertz CT molecular complexity index is 1890. The molecule has 3 aromatic carbocycles. The number of aromatic nitrogens is 2. The van der Waals surface area contributed by atoms with Gasteiger partial charge in [0.2, 0.25) is 5.91 Å². The van der Waals surface area contributed by atoms with E-state index in [4.69, 9.17) is 18.6 Å². The summed E-state index contributed by atoms with van der Waals surface area (Å²) in [4.78, 5) is 22.3. The number of carbonyl (C=O) groups is 1. The van der Waals surface area contributed by atoms with Crippen molar-refractivity contribution < 1.29 is 36.6 Å². The summed E-state index contributed by atoms with van der Waals surface area (Å²) in [5, 5.41) is 6.51. The molecule has 1 amide bonds. The average molecular weight is 636 g/mol. The van der Waals surface area contributed by atoms with Gasteiger partial charge < -0.3 is 34.2 Å². The molecular formula is C33H32F3N5O5. The molecule has 0 spiro atoms. The maximum absolute atomic E-state index is 14.2. The summed E-state index contributed by atoms with van der Waals surface area (Å²) in [5.74, 6) is 2.01. The van der Waals surface area contributed by atoms with Gasteiger partial charge in [0.25, 0.3) is 6.01 Å². The van der Waals surface area contributed by atoms with Crippen molar-refractivity contribution in [1.82, 2.24) is 15.3 Å². The van der Waals surface area contributed by atoms with Crippen LogP contribution in [0.2, 0.25) is 0 Å². The van der Waals surface area contributed by atoms with E-state index >= 15 is 0 Å². The summed E-state index contributed by atoms with van der Waals surface area (Å²) in [7, 11) is 3.09. The lowest BCUT2D eigenvalue weighted by Gasteiger charge is -2.35. The van der Waals surface area contributed by atoms with Crippen LogP contribution in [0.3, 0.4) is 0 Å². The SMILES string of the molecule is CCC(=O)NC1CCN(c2ccc(Nc3nc4cc(Oc5ccnc6cc(OC)c(OC)cc56)ccc4o3)cc2C(F)(F)F)CC1. The number of nitrogens with zero attached hydrogens (tertiary/aromatic N) is 3. The number of hydrogen-bond acceptors (Lipinski definition) is 9. The van der Waals surface area contributed by atoms with Crippen molar-refractivity contribution in [3.63, 3.8) is 0 Å². The van der Waals surface area contributed by atoms with E-state index in [9.17, 15) is 18.0 Å². The topological polar surface area (TPSA) is 111 Å². The van der Waals surface area contributed by atoms with Crippen LogP contribution < -0.4 is 29.7 Å². The first-order valence-electron chi connectivity index (χ1n) is 14.8. The fourth-order valence-electron chi connectivity index (χ4n) is 5.52. The van der Waals surface area contributed by atoms with Crippen LogP contribution in [0.1, 0.15) is 31.7 Å². The summed E-state index contributed by atoms with van der Waals surface area (Å²) < 4.78 is 65.4. The second kappa shape index (κ2) is 12.7. The van der Waals surface area contributed by atoms with E-state index in [1.807, 2.05) is 0 Å². The molecule has 3 heterocycles. The summed E-state index contributed by atoms with van der Waals surface area (Å²) >= 11 is 0. The maximum Gasteiger partial charge on any atom is 0.418 e. The number of amides is 1. The molecule has 6 rings (SSSR count). The number of benzene rings is 3. The molecule has 0 bridgehead atoms. The van der Waals surface area contributed by atoms with Crippen molar-refractivity contribution in [2.75, 3.05) is 37.5 Å². The van der Waals surface area contributed by atoms with E-state index in [-0.39, 0.29) is 29.3 Å². The third kappa shape index (κ3) is 6.44. The fourth-order valence-corrected chi connectivity index (χ4v) is 5.52. The number of halogens is 3. The van der Waals surface area contributed by atoms with Crippen molar-refractivity contribution in [3.8, 4) is 23.0 Å². The Kier molecular flexibility index (Phi) is 8.48. The quantitative estimate of drug-likeness (QED) is 0.171. The molecule has 0 radical (unpaired) electrons. The first-order chi connectivity index (χ1) is 22.1. The van der Waals surface area contributed by atoms with Crippen molar-refractivity contribution in [1.29, 1.82) is 0 Å². The Morgan fingerprint density at radius 3 is 2.46 bits per heavy atom. The molecule has 2 N–H and O–H groups in total. The van der Waals surface area contributed by atoms with Gasteiger partial charge in [0.05, 0.1) is 25.3 Å². The third-order valence-corrected chi connectivity index (χ3v) is 7.87. The number of hydrogen-bond donors (Lipinski definition) is 2. The monoisotopic (exact) mass is 635 g/mol. The van der Waals surface area contributed by atoms with Crippen LogP contribution in [-0.4, -0.2) is 49.2 Å². The van der Waals surface area contributed by atoms with Crippen LogP contribution in [0.25, 0.3) is 22.0 Å². The highest BCUT2D eigenvalue weighted by Gasteiger charge is 2.36. The van der Waals surface area contributed by atoms with Crippen LogP contribution in [0.15, 0.2) is 65.2 Å². The molecule has 1 aliphatic heterocycles. The van der Waals surface area contributed by atoms with Gasteiger partial charge in [-0.1, -0.05) is 6.92 Å². The van der Waals surface area contributed by atoms with Gasteiger partial charge in [-0.2, -0.15) is 18.2 Å². The predicted molar refractivity (Wildman–Crippen MR) is 167 cm³/mol. The number of oxazole rings is 1. The highest BCUT2D eigenvalue weighted by atomic mass is 19.4. The molecule has 5 aromatic rings. The largest absolute Gasteiger partial charge is 0.493 e. The van der Waals surface area contributed by atoms with Crippen molar-refractivity contribution in [3.05, 3.63) is 66.4 Å². The first kappa shape index (κ1) is 30.8. The minimum absolute atomic E-state index is 0.0340. The number of nitrogens with one attached hydrogen (secondary N) is 2. The lowest BCUT2D eigenvalue weighted by molar-refractivity contribution is -0.137. The number of rotatable bonds is 9. The van der Waals surface area contributed by atoms with Crippen molar-refractivity contribution >= 4 is 45.3 Å². The number of alkyl halides is 3. The molecule has 0 unspecified atom stereocenters. The first-order valence-corrected chi connectivity index (χ1v) is 14.8. The molecule has 10 nitrogen and oxygen atoms in total. The Morgan fingerprint density at radius 2 is 1.74 bits per heavy atom. The lowest BCUT2D eigenvalue weighted by Crippen LogP contribution is -2.45. The summed E-state index contributed by atoms with van der Waals surface area (Å²) in [5.41, 5.74) is 1.03. The number of methoxy groups -OCH3 is 2. The highest BCUT2D eigenvalue weighted by Crippen LogP contribution is 2.40. The number of ether oxygens (including phenoxy) is 3. The summed E-state index contributed by atoms with van der Waals surface area (Å²) in [6.45, 7) is 2.57. The maximum atomic E-state index is 14.2. The number of pyridine rings is 1. The summed E-state index contributed by atoms with van der Waals surface area (Å²) in [6.07, 6.45) is -1.46. The number of piperidine rings is 1. The number of anilines is 3. The molecule has 13 heteroatoms. The fraction of sp³-hybridized carbons (Fsp3) is 0.303. The third-order valence-electron chi connectivity index (χ3n) is 7.87. The zero-order valence-electron chi connectivity index (χ0n) is 25.4. The van der Waals surface area contributed by atoms with Crippen LogP contribution in [0, 0.1) is 0 Å². The smallest absolute Gasteiger partial charge is 0.418 e. The van der Waals surface area contributed by atoms with Gasteiger partial charge in [0, 0.05) is 60.6 Å². The average Bonchev–Trinajstić information content (AvgIpc) is 3.45. The van der Waals surface area contributed by atoms with E-state index in [0.29, 0.717) is 77.4 Å². The second-order valence-electron chi connectivity index (χ2n) is 10.8. The van der Waals surface area contributed by atoms with E-state index in [1.165, 1.54) is 6.07 Å². The molecular weight excluding hydrogens is 603 g/mol. The molecule has 1 saturated heterocycles.